The number of nitrogens with two attached hydrogens (primary N) is 1. The van der Waals surface area contributed by atoms with E-state index in [0.717, 1.165) is 57.5 Å². The fraction of sp³-hybridized carbons (Fsp3) is 0.296. The van der Waals surface area contributed by atoms with Gasteiger partial charge in [0.05, 0.1) is 28.3 Å². The van der Waals surface area contributed by atoms with Gasteiger partial charge in [0, 0.05) is 34.4 Å². The molecule has 0 spiro atoms. The second-order valence-electron chi connectivity index (χ2n) is 9.11. The summed E-state index contributed by atoms with van der Waals surface area (Å²) in [5.74, 6) is 0.106. The van der Waals surface area contributed by atoms with Crippen LogP contribution in [0.15, 0.2) is 60.8 Å². The Balaban J connectivity index is 1.64. The van der Waals surface area contributed by atoms with E-state index in [1.165, 1.54) is 6.42 Å². The predicted molar refractivity (Wildman–Crippen MR) is 140 cm³/mol. The molecule has 2 aromatic heterocycles. The van der Waals surface area contributed by atoms with E-state index in [4.69, 9.17) is 5.73 Å². The first-order valence-corrected chi connectivity index (χ1v) is 13.5. The molecule has 1 saturated carbocycles. The Kier molecular flexibility index (Phi) is 5.81. The summed E-state index contributed by atoms with van der Waals surface area (Å²) in [6, 6.07) is 18.4. The van der Waals surface area contributed by atoms with Crippen LogP contribution >= 0.6 is 0 Å². The Labute approximate surface area is 200 Å². The van der Waals surface area contributed by atoms with Crippen molar-refractivity contribution in [2.45, 2.75) is 45.6 Å². The molecule has 0 amide bonds. The number of sulfonamides is 1. The van der Waals surface area contributed by atoms with Crippen molar-refractivity contribution in [3.8, 4) is 22.5 Å². The molecule has 2 heterocycles. The van der Waals surface area contributed by atoms with E-state index >= 15 is 0 Å². The molecule has 176 valence electrons. The summed E-state index contributed by atoms with van der Waals surface area (Å²) in [4.78, 5) is 4.52. The average Bonchev–Trinajstić information content (AvgIpc) is 3.04. The van der Waals surface area contributed by atoms with Crippen LogP contribution in [0, 0.1) is 6.92 Å². The highest BCUT2D eigenvalue weighted by Crippen LogP contribution is 2.45. The van der Waals surface area contributed by atoms with Gasteiger partial charge < -0.3 is 10.3 Å². The van der Waals surface area contributed by atoms with E-state index in [-0.39, 0.29) is 5.75 Å². The molecule has 1 fully saturated rings. The van der Waals surface area contributed by atoms with Crippen LogP contribution in [-0.2, 0) is 10.0 Å². The number of fused-ring (bicyclic) bond motifs is 1. The zero-order valence-electron chi connectivity index (χ0n) is 19.6. The molecule has 0 saturated heterocycles. The lowest BCUT2D eigenvalue weighted by atomic mass is 9.92. The molecule has 7 heteroatoms. The molecule has 1 aliphatic carbocycles. The summed E-state index contributed by atoms with van der Waals surface area (Å²) in [5, 5.41) is 1.04. The molecule has 5 rings (SSSR count). The SMILES string of the molecule is CCCS(=O)(=O)Nc1ccc(-c2c(N)c3ccc(-c4ccccn4)cc3n2C2CCC2)c(C)c1. The Morgan fingerprint density at radius 1 is 1.12 bits per heavy atom. The molecule has 1 aliphatic rings. The minimum Gasteiger partial charge on any atom is -0.396 e. The smallest absolute Gasteiger partial charge is 0.232 e. The van der Waals surface area contributed by atoms with Gasteiger partial charge in [-0.05, 0) is 68.5 Å². The van der Waals surface area contributed by atoms with Gasteiger partial charge in [-0.15, -0.1) is 0 Å². The number of benzene rings is 2. The molecular weight excluding hydrogens is 444 g/mol. The van der Waals surface area contributed by atoms with E-state index < -0.39 is 10.0 Å². The first-order valence-electron chi connectivity index (χ1n) is 11.8. The van der Waals surface area contributed by atoms with Crippen LogP contribution in [0.4, 0.5) is 11.4 Å². The first-order chi connectivity index (χ1) is 16.4. The van der Waals surface area contributed by atoms with Crippen molar-refractivity contribution in [2.75, 3.05) is 16.2 Å². The van der Waals surface area contributed by atoms with Crippen LogP contribution < -0.4 is 10.5 Å². The average molecular weight is 475 g/mol. The van der Waals surface area contributed by atoms with E-state index in [9.17, 15) is 8.42 Å². The Hall–Kier alpha value is -3.32. The van der Waals surface area contributed by atoms with Gasteiger partial charge in [-0.25, -0.2) is 8.42 Å². The molecule has 0 unspecified atom stereocenters. The van der Waals surface area contributed by atoms with Crippen molar-refractivity contribution in [1.82, 2.24) is 9.55 Å². The number of nitrogens with zero attached hydrogens (tertiary/aromatic N) is 2. The molecule has 0 aliphatic heterocycles. The second-order valence-corrected chi connectivity index (χ2v) is 11.0. The summed E-state index contributed by atoms with van der Waals surface area (Å²) < 4.78 is 29.6. The van der Waals surface area contributed by atoms with Crippen LogP contribution in [0.1, 0.15) is 44.2 Å². The number of hydrogen-bond acceptors (Lipinski definition) is 4. The van der Waals surface area contributed by atoms with E-state index in [1.807, 2.05) is 56.4 Å². The van der Waals surface area contributed by atoms with Gasteiger partial charge in [0.2, 0.25) is 10.0 Å². The fourth-order valence-electron chi connectivity index (χ4n) is 4.82. The zero-order chi connectivity index (χ0) is 23.9. The van der Waals surface area contributed by atoms with Gasteiger partial charge in [-0.3, -0.25) is 9.71 Å². The van der Waals surface area contributed by atoms with Gasteiger partial charge in [-0.1, -0.05) is 31.2 Å². The molecule has 2 aromatic carbocycles. The largest absolute Gasteiger partial charge is 0.396 e. The normalized spacial score (nSPS) is 14.3. The van der Waals surface area contributed by atoms with Gasteiger partial charge in [0.15, 0.2) is 0 Å². The van der Waals surface area contributed by atoms with E-state index in [2.05, 4.69) is 32.5 Å². The fourth-order valence-corrected chi connectivity index (χ4v) is 5.95. The van der Waals surface area contributed by atoms with Crippen LogP contribution in [0.5, 0.6) is 0 Å². The highest BCUT2D eigenvalue weighted by molar-refractivity contribution is 7.92. The van der Waals surface area contributed by atoms with Crippen LogP contribution in [0.2, 0.25) is 0 Å². The van der Waals surface area contributed by atoms with E-state index in [0.29, 0.717) is 18.2 Å². The summed E-state index contributed by atoms with van der Waals surface area (Å²) in [6.45, 7) is 3.86. The number of nitrogen functional groups attached to an aromatic ring is 1. The van der Waals surface area contributed by atoms with Gasteiger partial charge in [0.25, 0.3) is 0 Å². The molecule has 0 bridgehead atoms. The molecule has 3 N–H and O–H groups in total. The molecule has 0 atom stereocenters. The summed E-state index contributed by atoms with van der Waals surface area (Å²) in [6.07, 6.45) is 5.84. The molecule has 0 radical (unpaired) electrons. The van der Waals surface area contributed by atoms with E-state index in [1.54, 1.807) is 0 Å². The summed E-state index contributed by atoms with van der Waals surface area (Å²) in [5.41, 5.74) is 14.3. The number of nitrogens with one attached hydrogen (secondary N) is 1. The minimum absolute atomic E-state index is 0.106. The number of aromatic nitrogens is 2. The van der Waals surface area contributed by atoms with Crippen molar-refractivity contribution in [3.63, 3.8) is 0 Å². The quantitative estimate of drug-likeness (QED) is 0.337. The van der Waals surface area contributed by atoms with Gasteiger partial charge in [-0.2, -0.15) is 0 Å². The first kappa shape index (κ1) is 22.5. The van der Waals surface area contributed by atoms with Gasteiger partial charge in [0.1, 0.15) is 0 Å². The maximum atomic E-state index is 12.2. The minimum atomic E-state index is -3.34. The van der Waals surface area contributed by atoms with Crippen LogP contribution in [0.25, 0.3) is 33.4 Å². The topological polar surface area (TPSA) is 90.0 Å². The Bertz CT molecular complexity index is 1460. The Morgan fingerprint density at radius 2 is 1.94 bits per heavy atom. The molecular formula is C27H30N4O2S. The second kappa shape index (κ2) is 8.80. The molecule has 4 aromatic rings. The monoisotopic (exact) mass is 474 g/mol. The highest BCUT2D eigenvalue weighted by Gasteiger charge is 2.27. The third kappa shape index (κ3) is 4.05. The van der Waals surface area contributed by atoms with Gasteiger partial charge >= 0.3 is 0 Å². The van der Waals surface area contributed by atoms with Crippen molar-refractivity contribution < 1.29 is 8.42 Å². The van der Waals surface area contributed by atoms with Crippen LogP contribution in [0.3, 0.4) is 0 Å². The maximum absolute atomic E-state index is 12.2. The predicted octanol–water partition coefficient (Wildman–Crippen LogP) is 6.14. The third-order valence-electron chi connectivity index (χ3n) is 6.67. The van der Waals surface area contributed by atoms with Crippen molar-refractivity contribution in [2.24, 2.45) is 0 Å². The third-order valence-corrected chi connectivity index (χ3v) is 8.16. The standard InChI is InChI=1S/C27H30N4O2S/c1-3-15-34(32,33)30-20-11-13-22(18(2)16-20)27-26(28)23-12-10-19(24-9-4-5-14-29-24)17-25(23)31(27)21-7-6-8-21/h4-5,9-14,16-17,21,30H,3,6-8,15,28H2,1-2H3. The number of anilines is 2. The van der Waals surface area contributed by atoms with Crippen molar-refractivity contribution in [1.29, 1.82) is 0 Å². The number of pyridine rings is 1. The Morgan fingerprint density at radius 3 is 2.59 bits per heavy atom. The maximum Gasteiger partial charge on any atom is 0.232 e. The van der Waals surface area contributed by atoms with Crippen LogP contribution in [-0.4, -0.2) is 23.7 Å². The lowest BCUT2D eigenvalue weighted by Crippen LogP contribution is -2.18. The molecule has 34 heavy (non-hydrogen) atoms. The lowest BCUT2D eigenvalue weighted by Gasteiger charge is -2.30. The molecule has 6 nitrogen and oxygen atoms in total. The number of rotatable bonds is 7. The van der Waals surface area contributed by atoms with Crippen molar-refractivity contribution in [3.05, 3.63) is 66.4 Å². The number of hydrogen-bond donors (Lipinski definition) is 2. The summed E-state index contributed by atoms with van der Waals surface area (Å²) in [7, 11) is -3.34. The zero-order valence-corrected chi connectivity index (χ0v) is 20.4. The van der Waals surface area contributed by atoms with Crippen molar-refractivity contribution >= 4 is 32.3 Å². The number of aryl methyl sites for hydroxylation is 1. The lowest BCUT2D eigenvalue weighted by molar-refractivity contribution is 0.324. The summed E-state index contributed by atoms with van der Waals surface area (Å²) >= 11 is 0. The highest BCUT2D eigenvalue weighted by atomic mass is 32.2.